The molecule has 1 rings (SSSR count). The van der Waals surface area contributed by atoms with Crippen molar-refractivity contribution in [2.75, 3.05) is 0 Å². The van der Waals surface area contributed by atoms with E-state index in [1.807, 2.05) is 0 Å². The van der Waals surface area contributed by atoms with Crippen molar-refractivity contribution >= 4 is 5.97 Å². The highest BCUT2D eigenvalue weighted by Crippen LogP contribution is 2.51. The monoisotopic (exact) mass is 184 g/mol. The summed E-state index contributed by atoms with van der Waals surface area (Å²) in [6.45, 7) is 6.57. The largest absolute Gasteiger partial charge is 0.481 e. The number of carboxylic acid groups (broad SMARTS) is 1. The summed E-state index contributed by atoms with van der Waals surface area (Å²) in [5, 5.41) is 8.87. The number of carbonyl (C=O) groups is 1. The zero-order chi connectivity index (χ0) is 10.1. The highest BCUT2D eigenvalue weighted by Gasteiger charge is 2.43. The van der Waals surface area contributed by atoms with Crippen LogP contribution in [-0.4, -0.2) is 11.1 Å². The predicted molar refractivity (Wildman–Crippen MR) is 52.5 cm³/mol. The molecule has 0 aromatic rings. The molecule has 2 heteroatoms. The summed E-state index contributed by atoms with van der Waals surface area (Å²) in [7, 11) is 0. The second-order valence-electron chi connectivity index (χ2n) is 4.59. The van der Waals surface area contributed by atoms with Crippen LogP contribution in [0.1, 0.15) is 46.5 Å². The van der Waals surface area contributed by atoms with Gasteiger partial charge in [0.15, 0.2) is 0 Å². The maximum absolute atomic E-state index is 10.8. The third-order valence-corrected chi connectivity index (χ3v) is 4.12. The number of rotatable bonds is 3. The Hall–Kier alpha value is -0.530. The molecule has 0 aromatic heterocycles. The highest BCUT2D eigenvalue weighted by molar-refractivity contribution is 5.67. The number of aliphatic carboxylic acids is 1. The lowest BCUT2D eigenvalue weighted by molar-refractivity contribution is -0.140. The van der Waals surface area contributed by atoms with Gasteiger partial charge in [-0.05, 0) is 36.5 Å². The third kappa shape index (κ3) is 1.87. The number of carboxylic acids is 1. The summed E-state index contributed by atoms with van der Waals surface area (Å²) in [6.07, 6.45) is 3.65. The van der Waals surface area contributed by atoms with Crippen LogP contribution in [0.25, 0.3) is 0 Å². The van der Waals surface area contributed by atoms with E-state index in [2.05, 4.69) is 20.8 Å². The summed E-state index contributed by atoms with van der Waals surface area (Å²) in [5.74, 6) is 0.621. The lowest BCUT2D eigenvalue weighted by atomic mass is 9.72. The molecule has 0 amide bonds. The van der Waals surface area contributed by atoms with Gasteiger partial charge in [0.25, 0.3) is 0 Å². The van der Waals surface area contributed by atoms with Crippen LogP contribution in [0.2, 0.25) is 0 Å². The van der Waals surface area contributed by atoms with Crippen LogP contribution in [0.5, 0.6) is 0 Å². The first-order valence-corrected chi connectivity index (χ1v) is 5.23. The maximum Gasteiger partial charge on any atom is 0.303 e. The molecule has 0 saturated heterocycles. The molecule has 3 unspecified atom stereocenters. The van der Waals surface area contributed by atoms with Crippen LogP contribution < -0.4 is 0 Å². The highest BCUT2D eigenvalue weighted by atomic mass is 16.4. The fourth-order valence-electron chi connectivity index (χ4n) is 2.77. The van der Waals surface area contributed by atoms with Crippen molar-refractivity contribution in [3.8, 4) is 0 Å². The van der Waals surface area contributed by atoms with Gasteiger partial charge in [0.05, 0.1) is 6.42 Å². The Kier molecular flexibility index (Phi) is 2.99. The van der Waals surface area contributed by atoms with E-state index in [9.17, 15) is 4.79 Å². The Labute approximate surface area is 80.3 Å². The van der Waals surface area contributed by atoms with Gasteiger partial charge >= 0.3 is 5.97 Å². The Balaban J connectivity index is 2.75. The predicted octanol–water partition coefficient (Wildman–Crippen LogP) is 2.92. The molecule has 0 spiro atoms. The molecular formula is C11H20O2. The van der Waals surface area contributed by atoms with Crippen LogP contribution in [0.15, 0.2) is 0 Å². The molecule has 0 heterocycles. The van der Waals surface area contributed by atoms with E-state index in [0.29, 0.717) is 18.3 Å². The molecule has 13 heavy (non-hydrogen) atoms. The van der Waals surface area contributed by atoms with Crippen molar-refractivity contribution in [3.63, 3.8) is 0 Å². The van der Waals surface area contributed by atoms with E-state index < -0.39 is 5.97 Å². The van der Waals surface area contributed by atoms with Crippen molar-refractivity contribution < 1.29 is 9.90 Å². The van der Waals surface area contributed by atoms with E-state index in [0.717, 1.165) is 12.8 Å². The zero-order valence-electron chi connectivity index (χ0n) is 8.84. The van der Waals surface area contributed by atoms with Crippen molar-refractivity contribution in [2.45, 2.75) is 46.5 Å². The average Bonchev–Trinajstić information content (AvgIpc) is 2.33. The molecule has 0 radical (unpaired) electrons. The lowest BCUT2D eigenvalue weighted by Crippen LogP contribution is -2.28. The Morgan fingerprint density at radius 1 is 1.54 bits per heavy atom. The van der Waals surface area contributed by atoms with Gasteiger partial charge in [0, 0.05) is 0 Å². The second-order valence-corrected chi connectivity index (χ2v) is 4.59. The minimum absolute atomic E-state index is 0.0885. The lowest BCUT2D eigenvalue weighted by Gasteiger charge is -2.32. The fourth-order valence-corrected chi connectivity index (χ4v) is 2.77. The molecular weight excluding hydrogens is 164 g/mol. The van der Waals surface area contributed by atoms with Gasteiger partial charge in [0.1, 0.15) is 0 Å². The summed E-state index contributed by atoms with van der Waals surface area (Å²) in [4.78, 5) is 10.8. The Morgan fingerprint density at radius 2 is 2.15 bits per heavy atom. The third-order valence-electron chi connectivity index (χ3n) is 4.12. The van der Waals surface area contributed by atoms with Gasteiger partial charge in [-0.15, -0.1) is 0 Å². The normalized spacial score (nSPS) is 39.3. The van der Waals surface area contributed by atoms with Crippen LogP contribution in [0, 0.1) is 17.3 Å². The van der Waals surface area contributed by atoms with E-state index in [1.165, 1.54) is 6.42 Å². The fraction of sp³-hybridized carbons (Fsp3) is 0.909. The molecule has 1 N–H and O–H groups in total. The first-order chi connectivity index (χ1) is 6.02. The molecule has 1 saturated carbocycles. The average molecular weight is 184 g/mol. The molecule has 76 valence electrons. The maximum atomic E-state index is 10.8. The van der Waals surface area contributed by atoms with Gasteiger partial charge in [-0.3, -0.25) is 4.79 Å². The van der Waals surface area contributed by atoms with Gasteiger partial charge in [-0.2, -0.15) is 0 Å². The van der Waals surface area contributed by atoms with Gasteiger partial charge in [-0.1, -0.05) is 20.8 Å². The van der Waals surface area contributed by atoms with Crippen molar-refractivity contribution in [1.82, 2.24) is 0 Å². The SMILES string of the molecule is CCC1(CC(=O)O)CCC(C)C1C. The molecule has 1 fully saturated rings. The molecule has 1 aliphatic rings. The van der Waals surface area contributed by atoms with Crippen molar-refractivity contribution in [1.29, 1.82) is 0 Å². The van der Waals surface area contributed by atoms with E-state index in [4.69, 9.17) is 5.11 Å². The molecule has 0 aliphatic heterocycles. The van der Waals surface area contributed by atoms with Gasteiger partial charge < -0.3 is 5.11 Å². The van der Waals surface area contributed by atoms with Gasteiger partial charge in [0.2, 0.25) is 0 Å². The van der Waals surface area contributed by atoms with Crippen LogP contribution >= 0.6 is 0 Å². The molecule has 0 bridgehead atoms. The van der Waals surface area contributed by atoms with Crippen LogP contribution in [0.4, 0.5) is 0 Å². The van der Waals surface area contributed by atoms with Crippen molar-refractivity contribution in [2.24, 2.45) is 17.3 Å². The zero-order valence-corrected chi connectivity index (χ0v) is 8.84. The quantitative estimate of drug-likeness (QED) is 0.732. The van der Waals surface area contributed by atoms with E-state index in [1.54, 1.807) is 0 Å². The topological polar surface area (TPSA) is 37.3 Å². The summed E-state index contributed by atoms with van der Waals surface area (Å²) < 4.78 is 0. The molecule has 0 aromatic carbocycles. The Morgan fingerprint density at radius 3 is 2.46 bits per heavy atom. The molecule has 3 atom stereocenters. The Bertz CT molecular complexity index is 200. The second kappa shape index (κ2) is 3.69. The number of hydrogen-bond acceptors (Lipinski definition) is 1. The van der Waals surface area contributed by atoms with Gasteiger partial charge in [-0.25, -0.2) is 0 Å². The minimum atomic E-state index is -0.636. The van der Waals surface area contributed by atoms with E-state index in [-0.39, 0.29) is 5.41 Å². The minimum Gasteiger partial charge on any atom is -0.481 e. The van der Waals surface area contributed by atoms with Crippen molar-refractivity contribution in [3.05, 3.63) is 0 Å². The molecule has 2 nitrogen and oxygen atoms in total. The van der Waals surface area contributed by atoms with Crippen LogP contribution in [-0.2, 0) is 4.79 Å². The first kappa shape index (κ1) is 10.6. The molecule has 1 aliphatic carbocycles. The first-order valence-electron chi connectivity index (χ1n) is 5.23. The standard InChI is InChI=1S/C11H20O2/c1-4-11(7-10(12)13)6-5-8(2)9(11)3/h8-9H,4-7H2,1-3H3,(H,12,13). The van der Waals surface area contributed by atoms with Crippen LogP contribution in [0.3, 0.4) is 0 Å². The number of hydrogen-bond donors (Lipinski definition) is 1. The summed E-state index contributed by atoms with van der Waals surface area (Å²) in [5.41, 5.74) is 0.0885. The summed E-state index contributed by atoms with van der Waals surface area (Å²) >= 11 is 0. The smallest absolute Gasteiger partial charge is 0.303 e. The van der Waals surface area contributed by atoms with E-state index >= 15 is 0 Å². The summed E-state index contributed by atoms with van der Waals surface area (Å²) in [6, 6.07) is 0.